The number of aryl methyl sites for hydroxylation is 2. The predicted molar refractivity (Wildman–Crippen MR) is 117 cm³/mol. The zero-order valence-electron chi connectivity index (χ0n) is 16.9. The molecule has 3 aromatic rings. The predicted octanol–water partition coefficient (Wildman–Crippen LogP) is 4.63. The molecule has 0 aliphatic heterocycles. The van der Waals surface area contributed by atoms with E-state index in [2.05, 4.69) is 10.6 Å². The van der Waals surface area contributed by atoms with E-state index in [9.17, 15) is 14.7 Å². The van der Waals surface area contributed by atoms with Gasteiger partial charge in [0.2, 0.25) is 0 Å². The SMILES string of the molecule is Cc1ccc(NC(=O)COc2ccccc2CNc2cc(C(=O)O)ccc2C)cc1. The molecular weight excluding hydrogens is 380 g/mol. The average Bonchev–Trinajstić information content (AvgIpc) is 2.73. The molecule has 0 spiro atoms. The second-order valence-corrected chi connectivity index (χ2v) is 7.00. The number of carboxylic acids is 1. The van der Waals surface area contributed by atoms with E-state index < -0.39 is 5.97 Å². The van der Waals surface area contributed by atoms with Gasteiger partial charge in [-0.05, 0) is 49.7 Å². The lowest BCUT2D eigenvalue weighted by Gasteiger charge is -2.14. The molecule has 30 heavy (non-hydrogen) atoms. The Bertz CT molecular complexity index is 1050. The maximum Gasteiger partial charge on any atom is 0.335 e. The molecule has 0 aliphatic rings. The van der Waals surface area contributed by atoms with Crippen LogP contribution in [0.2, 0.25) is 0 Å². The monoisotopic (exact) mass is 404 g/mol. The summed E-state index contributed by atoms with van der Waals surface area (Å²) >= 11 is 0. The Morgan fingerprint density at radius 2 is 1.70 bits per heavy atom. The van der Waals surface area contributed by atoms with E-state index in [4.69, 9.17) is 4.74 Å². The molecule has 3 N–H and O–H groups in total. The van der Waals surface area contributed by atoms with Crippen molar-refractivity contribution in [3.05, 3.63) is 89.0 Å². The fraction of sp³-hybridized carbons (Fsp3) is 0.167. The molecule has 0 saturated heterocycles. The fourth-order valence-corrected chi connectivity index (χ4v) is 2.90. The van der Waals surface area contributed by atoms with Crippen molar-refractivity contribution in [2.45, 2.75) is 20.4 Å². The van der Waals surface area contributed by atoms with Gasteiger partial charge in [-0.2, -0.15) is 0 Å². The first kappa shape index (κ1) is 20.9. The number of para-hydroxylation sites is 1. The Hall–Kier alpha value is -3.80. The van der Waals surface area contributed by atoms with Gasteiger partial charge in [0.1, 0.15) is 5.75 Å². The van der Waals surface area contributed by atoms with Crippen LogP contribution in [0.15, 0.2) is 66.7 Å². The van der Waals surface area contributed by atoms with Crippen LogP contribution in [0.25, 0.3) is 0 Å². The summed E-state index contributed by atoms with van der Waals surface area (Å²) in [6, 6.07) is 19.9. The highest BCUT2D eigenvalue weighted by Gasteiger charge is 2.09. The smallest absolute Gasteiger partial charge is 0.335 e. The van der Waals surface area contributed by atoms with Gasteiger partial charge >= 0.3 is 5.97 Å². The first-order valence-electron chi connectivity index (χ1n) is 9.57. The molecule has 6 heteroatoms. The van der Waals surface area contributed by atoms with Gasteiger partial charge in [0.25, 0.3) is 5.91 Å². The zero-order chi connectivity index (χ0) is 21.5. The molecule has 3 aromatic carbocycles. The van der Waals surface area contributed by atoms with Crippen molar-refractivity contribution < 1.29 is 19.4 Å². The highest BCUT2D eigenvalue weighted by Crippen LogP contribution is 2.22. The molecule has 0 aromatic heterocycles. The van der Waals surface area contributed by atoms with E-state index in [1.807, 2.05) is 56.3 Å². The van der Waals surface area contributed by atoms with Crippen LogP contribution >= 0.6 is 0 Å². The molecular formula is C24H24N2O4. The number of carbonyl (C=O) groups is 2. The molecule has 0 unspecified atom stereocenters. The van der Waals surface area contributed by atoms with Gasteiger partial charge in [0.15, 0.2) is 6.61 Å². The minimum atomic E-state index is -0.971. The molecule has 0 fully saturated rings. The number of ether oxygens (including phenoxy) is 1. The molecule has 6 nitrogen and oxygen atoms in total. The van der Waals surface area contributed by atoms with Gasteiger partial charge in [-0.1, -0.05) is 42.0 Å². The largest absolute Gasteiger partial charge is 0.483 e. The number of benzene rings is 3. The number of hydrogen-bond donors (Lipinski definition) is 3. The van der Waals surface area contributed by atoms with Crippen LogP contribution in [-0.2, 0) is 11.3 Å². The minimum Gasteiger partial charge on any atom is -0.483 e. The molecule has 1 amide bonds. The summed E-state index contributed by atoms with van der Waals surface area (Å²) in [4.78, 5) is 23.4. The van der Waals surface area contributed by atoms with Gasteiger partial charge in [-0.15, -0.1) is 0 Å². The van der Waals surface area contributed by atoms with Gasteiger partial charge in [-0.3, -0.25) is 4.79 Å². The maximum atomic E-state index is 12.2. The lowest BCUT2D eigenvalue weighted by atomic mass is 10.1. The Kier molecular flexibility index (Phi) is 6.70. The highest BCUT2D eigenvalue weighted by molar-refractivity contribution is 5.92. The van der Waals surface area contributed by atoms with Crippen molar-refractivity contribution in [3.63, 3.8) is 0 Å². The summed E-state index contributed by atoms with van der Waals surface area (Å²) in [6.45, 7) is 4.21. The van der Waals surface area contributed by atoms with E-state index in [-0.39, 0.29) is 18.1 Å². The third-order valence-corrected chi connectivity index (χ3v) is 4.62. The second kappa shape index (κ2) is 9.60. The van der Waals surface area contributed by atoms with Crippen molar-refractivity contribution in [1.82, 2.24) is 0 Å². The molecule has 0 bridgehead atoms. The molecule has 0 saturated carbocycles. The molecule has 0 radical (unpaired) electrons. The van der Waals surface area contributed by atoms with Crippen molar-refractivity contribution >= 4 is 23.3 Å². The van der Waals surface area contributed by atoms with Crippen LogP contribution < -0.4 is 15.4 Å². The quantitative estimate of drug-likeness (QED) is 0.509. The Morgan fingerprint density at radius 1 is 0.967 bits per heavy atom. The van der Waals surface area contributed by atoms with Gasteiger partial charge in [-0.25, -0.2) is 4.79 Å². The van der Waals surface area contributed by atoms with Gasteiger partial charge < -0.3 is 20.5 Å². The van der Waals surface area contributed by atoms with E-state index in [0.717, 1.165) is 28.1 Å². The van der Waals surface area contributed by atoms with Crippen molar-refractivity contribution in [2.24, 2.45) is 0 Å². The number of amides is 1. The minimum absolute atomic E-state index is 0.113. The molecule has 154 valence electrons. The van der Waals surface area contributed by atoms with Crippen molar-refractivity contribution in [1.29, 1.82) is 0 Å². The summed E-state index contributed by atoms with van der Waals surface area (Å²) in [5.41, 5.74) is 4.60. The number of nitrogens with one attached hydrogen (secondary N) is 2. The second-order valence-electron chi connectivity index (χ2n) is 7.00. The molecule has 3 rings (SSSR count). The Labute approximate surface area is 175 Å². The zero-order valence-corrected chi connectivity index (χ0v) is 16.9. The summed E-state index contributed by atoms with van der Waals surface area (Å²) < 4.78 is 5.73. The number of aromatic carboxylic acids is 1. The Balaban J connectivity index is 1.62. The first-order chi connectivity index (χ1) is 14.4. The normalized spacial score (nSPS) is 10.3. The number of rotatable bonds is 8. The van der Waals surface area contributed by atoms with Crippen LogP contribution in [0.1, 0.15) is 27.0 Å². The Morgan fingerprint density at radius 3 is 2.43 bits per heavy atom. The van der Waals surface area contributed by atoms with Crippen LogP contribution in [0.3, 0.4) is 0 Å². The third-order valence-electron chi connectivity index (χ3n) is 4.62. The fourth-order valence-electron chi connectivity index (χ4n) is 2.90. The maximum absolute atomic E-state index is 12.2. The number of carbonyl (C=O) groups excluding carboxylic acids is 1. The average molecular weight is 404 g/mol. The van der Waals surface area contributed by atoms with E-state index in [1.54, 1.807) is 24.3 Å². The number of carboxylic acid groups (broad SMARTS) is 1. The van der Waals surface area contributed by atoms with Crippen molar-refractivity contribution in [3.8, 4) is 5.75 Å². The summed E-state index contributed by atoms with van der Waals surface area (Å²) in [5.74, 6) is -0.621. The summed E-state index contributed by atoms with van der Waals surface area (Å²) in [6.07, 6.45) is 0. The first-order valence-corrected chi connectivity index (χ1v) is 9.57. The van der Waals surface area contributed by atoms with Gasteiger partial charge in [0, 0.05) is 23.5 Å². The summed E-state index contributed by atoms with van der Waals surface area (Å²) in [7, 11) is 0. The lowest BCUT2D eigenvalue weighted by molar-refractivity contribution is -0.118. The van der Waals surface area contributed by atoms with Crippen molar-refractivity contribution in [2.75, 3.05) is 17.2 Å². The van der Waals surface area contributed by atoms with Crippen LogP contribution in [0, 0.1) is 13.8 Å². The lowest BCUT2D eigenvalue weighted by Crippen LogP contribution is -2.20. The molecule has 0 heterocycles. The van der Waals surface area contributed by atoms with Gasteiger partial charge in [0.05, 0.1) is 5.56 Å². The third kappa shape index (κ3) is 5.61. The highest BCUT2D eigenvalue weighted by atomic mass is 16.5. The number of hydrogen-bond acceptors (Lipinski definition) is 4. The number of anilines is 2. The summed E-state index contributed by atoms with van der Waals surface area (Å²) in [5, 5.41) is 15.2. The van der Waals surface area contributed by atoms with E-state index >= 15 is 0 Å². The van der Waals surface area contributed by atoms with E-state index in [1.165, 1.54) is 0 Å². The standard InChI is InChI=1S/C24H24N2O4/c1-16-7-11-20(12-8-16)26-23(27)15-30-22-6-4-3-5-19(22)14-25-21-13-18(24(28)29)10-9-17(21)2/h3-13,25H,14-15H2,1-2H3,(H,26,27)(H,28,29). The topological polar surface area (TPSA) is 87.7 Å². The molecule has 0 aliphatic carbocycles. The molecule has 0 atom stereocenters. The van der Waals surface area contributed by atoms with Crippen LogP contribution in [0.5, 0.6) is 5.75 Å². The van der Waals surface area contributed by atoms with E-state index in [0.29, 0.717) is 12.3 Å². The van der Waals surface area contributed by atoms with Crippen LogP contribution in [0.4, 0.5) is 11.4 Å². The van der Waals surface area contributed by atoms with Crippen LogP contribution in [-0.4, -0.2) is 23.6 Å².